The molecule has 3 aromatic rings. The molecule has 0 aliphatic carbocycles. The van der Waals surface area contributed by atoms with E-state index < -0.39 is 0 Å². The van der Waals surface area contributed by atoms with E-state index in [1.165, 1.54) is 11.8 Å². The van der Waals surface area contributed by atoms with Crippen LogP contribution in [0.15, 0.2) is 53.7 Å². The quantitative estimate of drug-likeness (QED) is 0.553. The molecule has 1 heterocycles. The number of hydrogen-bond acceptors (Lipinski definition) is 7. The normalized spacial score (nSPS) is 10.5. The molecule has 0 aliphatic rings. The summed E-state index contributed by atoms with van der Waals surface area (Å²) in [6.45, 7) is 2.84. The number of nitrogens with zero attached hydrogens (tertiary/aromatic N) is 4. The van der Waals surface area contributed by atoms with Crippen LogP contribution in [0.2, 0.25) is 0 Å². The van der Waals surface area contributed by atoms with E-state index in [9.17, 15) is 4.79 Å². The largest absolute Gasteiger partial charge is 0.496 e. The summed E-state index contributed by atoms with van der Waals surface area (Å²) < 4.78 is 12.5. The lowest BCUT2D eigenvalue weighted by Gasteiger charge is -2.11. The van der Waals surface area contributed by atoms with Gasteiger partial charge in [-0.15, -0.1) is 5.10 Å². The van der Waals surface area contributed by atoms with Crippen molar-refractivity contribution in [1.82, 2.24) is 25.5 Å². The van der Waals surface area contributed by atoms with E-state index in [-0.39, 0.29) is 11.7 Å². The van der Waals surface area contributed by atoms with Gasteiger partial charge in [0.1, 0.15) is 17.2 Å². The number of carbonyl (C=O) groups is 1. The lowest BCUT2D eigenvalue weighted by molar-refractivity contribution is -0.118. The minimum Gasteiger partial charge on any atom is -0.496 e. The molecule has 9 heteroatoms. The van der Waals surface area contributed by atoms with Gasteiger partial charge in [-0.05, 0) is 35.5 Å². The van der Waals surface area contributed by atoms with Crippen molar-refractivity contribution in [3.8, 4) is 17.2 Å². The molecule has 0 atom stereocenters. The van der Waals surface area contributed by atoms with E-state index in [2.05, 4.69) is 20.8 Å². The van der Waals surface area contributed by atoms with Crippen LogP contribution in [-0.4, -0.2) is 45.6 Å². The number of nitrogens with one attached hydrogen (secondary N) is 1. The first-order chi connectivity index (χ1) is 13.7. The second kappa shape index (κ2) is 9.75. The number of benzene rings is 2. The summed E-state index contributed by atoms with van der Waals surface area (Å²) in [6.07, 6.45) is 0. The maximum Gasteiger partial charge on any atom is 0.230 e. The second-order valence-electron chi connectivity index (χ2n) is 5.65. The Kier molecular flexibility index (Phi) is 6.85. The smallest absolute Gasteiger partial charge is 0.230 e. The monoisotopic (exact) mass is 399 g/mol. The van der Waals surface area contributed by atoms with Gasteiger partial charge in [-0.1, -0.05) is 42.1 Å². The molecule has 0 aliphatic heterocycles. The van der Waals surface area contributed by atoms with Crippen LogP contribution in [0, 0.1) is 0 Å². The van der Waals surface area contributed by atoms with Crippen molar-refractivity contribution in [3.05, 3.63) is 54.1 Å². The van der Waals surface area contributed by atoms with Crippen molar-refractivity contribution in [2.24, 2.45) is 0 Å². The summed E-state index contributed by atoms with van der Waals surface area (Å²) >= 11 is 1.26. The molecule has 28 heavy (non-hydrogen) atoms. The number of rotatable bonds is 9. The first kappa shape index (κ1) is 19.7. The summed E-state index contributed by atoms with van der Waals surface area (Å²) in [6, 6.07) is 15.1. The van der Waals surface area contributed by atoms with Gasteiger partial charge in [0.15, 0.2) is 0 Å². The fourth-order valence-corrected chi connectivity index (χ4v) is 3.27. The molecule has 1 N–H and O–H groups in total. The lowest BCUT2D eigenvalue weighted by atomic mass is 10.2. The summed E-state index contributed by atoms with van der Waals surface area (Å²) in [5.41, 5.74) is 1.64. The number of aromatic nitrogens is 4. The fraction of sp³-hybridized carbons (Fsp3) is 0.263. The Morgan fingerprint density at radius 2 is 1.89 bits per heavy atom. The van der Waals surface area contributed by atoms with Crippen LogP contribution in [0.3, 0.4) is 0 Å². The highest BCUT2D eigenvalue weighted by atomic mass is 32.2. The van der Waals surface area contributed by atoms with Crippen molar-refractivity contribution >= 4 is 17.7 Å². The average molecular weight is 399 g/mol. The maximum absolute atomic E-state index is 12.3. The molecule has 0 saturated carbocycles. The fourth-order valence-electron chi connectivity index (χ4n) is 2.55. The second-order valence-corrected chi connectivity index (χ2v) is 6.59. The summed E-state index contributed by atoms with van der Waals surface area (Å²) in [5.74, 6) is 1.49. The van der Waals surface area contributed by atoms with Crippen LogP contribution >= 0.6 is 11.8 Å². The molecule has 0 radical (unpaired) electrons. The lowest BCUT2D eigenvalue weighted by Crippen LogP contribution is -2.25. The van der Waals surface area contributed by atoms with Gasteiger partial charge in [-0.3, -0.25) is 4.79 Å². The van der Waals surface area contributed by atoms with E-state index in [1.54, 1.807) is 11.8 Å². The average Bonchev–Trinajstić information content (AvgIpc) is 3.20. The molecule has 3 rings (SSSR count). The molecular weight excluding hydrogens is 378 g/mol. The van der Waals surface area contributed by atoms with E-state index in [0.717, 1.165) is 17.0 Å². The highest BCUT2D eigenvalue weighted by Gasteiger charge is 2.15. The topological polar surface area (TPSA) is 91.2 Å². The number of tetrazole rings is 1. The van der Waals surface area contributed by atoms with Crippen molar-refractivity contribution in [2.45, 2.75) is 18.6 Å². The predicted molar refractivity (Wildman–Crippen MR) is 106 cm³/mol. The molecule has 2 aromatic carbocycles. The minimum atomic E-state index is -0.122. The number of amides is 1. The zero-order valence-corrected chi connectivity index (χ0v) is 16.5. The molecule has 1 aromatic heterocycles. The number of ether oxygens (including phenoxy) is 2. The van der Waals surface area contributed by atoms with Crippen LogP contribution in [0.5, 0.6) is 11.5 Å². The number of para-hydroxylation sites is 3. The van der Waals surface area contributed by atoms with Crippen molar-refractivity contribution < 1.29 is 14.3 Å². The molecule has 0 bridgehead atoms. The van der Waals surface area contributed by atoms with Gasteiger partial charge in [0.05, 0.1) is 19.5 Å². The molecule has 0 saturated heterocycles. The van der Waals surface area contributed by atoms with Crippen LogP contribution in [0.25, 0.3) is 5.69 Å². The van der Waals surface area contributed by atoms with E-state index in [4.69, 9.17) is 9.47 Å². The van der Waals surface area contributed by atoms with Gasteiger partial charge in [-0.2, -0.15) is 4.68 Å². The zero-order valence-electron chi connectivity index (χ0n) is 15.7. The van der Waals surface area contributed by atoms with Gasteiger partial charge < -0.3 is 14.8 Å². The zero-order chi connectivity index (χ0) is 19.8. The molecule has 0 spiro atoms. The summed E-state index contributed by atoms with van der Waals surface area (Å²) in [5, 5.41) is 15.2. The van der Waals surface area contributed by atoms with Crippen molar-refractivity contribution in [1.29, 1.82) is 0 Å². The van der Waals surface area contributed by atoms with E-state index in [1.807, 2.05) is 55.5 Å². The molecule has 1 amide bonds. The Morgan fingerprint density at radius 1 is 1.14 bits per heavy atom. The van der Waals surface area contributed by atoms with Crippen molar-refractivity contribution in [3.63, 3.8) is 0 Å². The number of carbonyl (C=O) groups excluding carboxylic acids is 1. The molecule has 0 unspecified atom stereocenters. The summed E-state index contributed by atoms with van der Waals surface area (Å²) in [4.78, 5) is 12.3. The summed E-state index contributed by atoms with van der Waals surface area (Å²) in [7, 11) is 1.61. The Balaban J connectivity index is 1.62. The van der Waals surface area contributed by atoms with Gasteiger partial charge in [0.25, 0.3) is 0 Å². The minimum absolute atomic E-state index is 0.122. The van der Waals surface area contributed by atoms with Crippen molar-refractivity contribution in [2.75, 3.05) is 19.5 Å². The van der Waals surface area contributed by atoms with Gasteiger partial charge >= 0.3 is 0 Å². The van der Waals surface area contributed by atoms with Crippen LogP contribution in [0.1, 0.15) is 12.5 Å². The standard InChI is InChI=1S/C19H21N5O3S/c1-3-27-17-11-7-5-9-15(17)24-19(21-22-23-24)28-13-18(25)20-12-14-8-4-6-10-16(14)26-2/h4-11H,3,12-13H2,1-2H3,(H,20,25). The van der Waals surface area contributed by atoms with Crippen LogP contribution < -0.4 is 14.8 Å². The Hall–Kier alpha value is -3.07. The third-order valence-corrected chi connectivity index (χ3v) is 4.75. The van der Waals surface area contributed by atoms with E-state index in [0.29, 0.717) is 24.1 Å². The molecule has 0 fully saturated rings. The van der Waals surface area contributed by atoms with E-state index >= 15 is 0 Å². The van der Waals surface area contributed by atoms with Gasteiger partial charge in [-0.25, -0.2) is 0 Å². The predicted octanol–water partition coefficient (Wildman–Crippen LogP) is 2.48. The Bertz CT molecular complexity index is 931. The third kappa shape index (κ3) is 4.80. The third-order valence-electron chi connectivity index (χ3n) is 3.84. The highest BCUT2D eigenvalue weighted by Crippen LogP contribution is 2.25. The maximum atomic E-state index is 12.3. The van der Waals surface area contributed by atoms with Gasteiger partial charge in [0, 0.05) is 12.1 Å². The number of hydrogen-bond donors (Lipinski definition) is 1. The Morgan fingerprint density at radius 3 is 2.68 bits per heavy atom. The van der Waals surface area contributed by atoms with Crippen LogP contribution in [-0.2, 0) is 11.3 Å². The van der Waals surface area contributed by atoms with Gasteiger partial charge in [0.2, 0.25) is 11.1 Å². The Labute approximate surface area is 167 Å². The first-order valence-electron chi connectivity index (χ1n) is 8.75. The highest BCUT2D eigenvalue weighted by molar-refractivity contribution is 7.99. The number of methoxy groups -OCH3 is 1. The number of thioether (sulfide) groups is 1. The molecule has 8 nitrogen and oxygen atoms in total. The first-order valence-corrected chi connectivity index (χ1v) is 9.73. The van der Waals surface area contributed by atoms with Crippen LogP contribution in [0.4, 0.5) is 0 Å². The SMILES string of the molecule is CCOc1ccccc1-n1nnnc1SCC(=O)NCc1ccccc1OC. The molecular formula is C19H21N5O3S. The molecule has 146 valence electrons.